The van der Waals surface area contributed by atoms with E-state index in [2.05, 4.69) is 16.4 Å². The van der Waals surface area contributed by atoms with Crippen LogP contribution in [0.3, 0.4) is 0 Å². The van der Waals surface area contributed by atoms with E-state index in [1.54, 1.807) is 25.4 Å². The highest BCUT2D eigenvalue weighted by molar-refractivity contribution is 5.98. The lowest BCUT2D eigenvalue weighted by Gasteiger charge is -2.14. The second-order valence-electron chi connectivity index (χ2n) is 5.35. The second kappa shape index (κ2) is 6.97. The van der Waals surface area contributed by atoms with Crippen molar-refractivity contribution in [2.75, 3.05) is 24.8 Å². The molecule has 0 saturated heterocycles. The van der Waals surface area contributed by atoms with Crippen LogP contribution in [0.15, 0.2) is 42.6 Å². The number of pyridine rings is 1. The van der Waals surface area contributed by atoms with Crippen molar-refractivity contribution in [2.45, 2.75) is 6.92 Å². The minimum absolute atomic E-state index is 0.437. The highest BCUT2D eigenvalue weighted by Crippen LogP contribution is 2.34. The number of methoxy groups -OCH3 is 1. The van der Waals surface area contributed by atoms with Gasteiger partial charge in [-0.15, -0.1) is 0 Å². The number of aromatic nitrogens is 1. The molecule has 0 fully saturated rings. The van der Waals surface area contributed by atoms with E-state index in [0.29, 0.717) is 34.8 Å². The lowest BCUT2D eigenvalue weighted by molar-refractivity contribution is 0.342. The van der Waals surface area contributed by atoms with E-state index < -0.39 is 0 Å². The molecule has 0 unspecified atom stereocenters. The van der Waals surface area contributed by atoms with Crippen LogP contribution in [-0.4, -0.2) is 18.7 Å². The van der Waals surface area contributed by atoms with Gasteiger partial charge in [0.2, 0.25) is 0 Å². The van der Waals surface area contributed by atoms with Crippen molar-refractivity contribution in [3.8, 4) is 17.6 Å². The number of nitriles is 1. The predicted molar refractivity (Wildman–Crippen MR) is 98.3 cm³/mol. The summed E-state index contributed by atoms with van der Waals surface area (Å²) in [5.74, 6) is 1.35. The van der Waals surface area contributed by atoms with Gasteiger partial charge in [-0.25, -0.2) is 0 Å². The molecule has 0 spiro atoms. The Bertz CT molecular complexity index is 946. The molecule has 0 aliphatic heterocycles. The van der Waals surface area contributed by atoms with E-state index in [0.717, 1.165) is 16.8 Å². The zero-order valence-electron chi connectivity index (χ0n) is 14.0. The summed E-state index contributed by atoms with van der Waals surface area (Å²) in [5, 5.41) is 13.5. The molecule has 0 aliphatic carbocycles. The number of nitrogens with zero attached hydrogens (tertiary/aromatic N) is 2. The first kappa shape index (κ1) is 16.4. The predicted octanol–water partition coefficient (Wildman–Crippen LogP) is 3.84. The normalized spacial score (nSPS) is 10.3. The first-order chi connectivity index (χ1) is 12.2. The molecule has 3 N–H and O–H groups in total. The summed E-state index contributed by atoms with van der Waals surface area (Å²) in [7, 11) is 1.62. The Hall–Kier alpha value is -3.46. The standard InChI is InChI=1S/C19H18N4O2/c1-3-25-18-9-17-15(8-16(18)21)19(12(10-20)11-22-17)23-13-4-6-14(24-2)7-5-13/h4-9,11H,3,21H2,1-2H3,(H,22,23). The highest BCUT2D eigenvalue weighted by atomic mass is 16.5. The molecule has 0 saturated carbocycles. The van der Waals surface area contributed by atoms with Crippen LogP contribution >= 0.6 is 0 Å². The van der Waals surface area contributed by atoms with Gasteiger partial charge >= 0.3 is 0 Å². The van der Waals surface area contributed by atoms with Crippen LogP contribution in [0.4, 0.5) is 17.1 Å². The summed E-state index contributed by atoms with van der Waals surface area (Å²) in [4.78, 5) is 4.35. The van der Waals surface area contributed by atoms with Gasteiger partial charge in [-0.05, 0) is 37.3 Å². The molecule has 1 aromatic heterocycles. The van der Waals surface area contributed by atoms with Crippen LogP contribution in [0, 0.1) is 11.3 Å². The number of nitrogens with two attached hydrogens (primary N) is 1. The first-order valence-corrected chi connectivity index (χ1v) is 7.82. The lowest BCUT2D eigenvalue weighted by Crippen LogP contribution is -2.00. The van der Waals surface area contributed by atoms with E-state index in [4.69, 9.17) is 15.2 Å². The molecule has 3 rings (SSSR count). The lowest BCUT2D eigenvalue weighted by atomic mass is 10.1. The zero-order valence-corrected chi connectivity index (χ0v) is 14.0. The van der Waals surface area contributed by atoms with Gasteiger partial charge in [-0.1, -0.05) is 0 Å². The summed E-state index contributed by atoms with van der Waals surface area (Å²) in [6.07, 6.45) is 1.54. The summed E-state index contributed by atoms with van der Waals surface area (Å²) in [6.45, 7) is 2.41. The first-order valence-electron chi connectivity index (χ1n) is 7.82. The number of fused-ring (bicyclic) bond motifs is 1. The number of benzene rings is 2. The number of ether oxygens (including phenoxy) is 2. The third-order valence-electron chi connectivity index (χ3n) is 3.78. The summed E-state index contributed by atoms with van der Waals surface area (Å²) in [6, 6.07) is 13.2. The highest BCUT2D eigenvalue weighted by Gasteiger charge is 2.12. The Morgan fingerprint density at radius 2 is 2.00 bits per heavy atom. The largest absolute Gasteiger partial charge is 0.497 e. The molecule has 0 atom stereocenters. The molecule has 0 amide bonds. The smallest absolute Gasteiger partial charge is 0.144 e. The average molecular weight is 334 g/mol. The van der Waals surface area contributed by atoms with Crippen molar-refractivity contribution in [1.29, 1.82) is 5.26 Å². The van der Waals surface area contributed by atoms with Crippen LogP contribution in [0.5, 0.6) is 11.5 Å². The molecule has 25 heavy (non-hydrogen) atoms. The second-order valence-corrected chi connectivity index (χ2v) is 5.35. The van der Waals surface area contributed by atoms with Gasteiger partial charge in [0.25, 0.3) is 0 Å². The number of rotatable bonds is 5. The van der Waals surface area contributed by atoms with Crippen molar-refractivity contribution in [1.82, 2.24) is 4.98 Å². The number of nitrogen functional groups attached to an aromatic ring is 1. The van der Waals surface area contributed by atoms with Crippen LogP contribution in [0.1, 0.15) is 12.5 Å². The Labute approximate surface area is 145 Å². The Morgan fingerprint density at radius 1 is 1.24 bits per heavy atom. The van der Waals surface area contributed by atoms with Crippen molar-refractivity contribution in [3.63, 3.8) is 0 Å². The molecule has 0 radical (unpaired) electrons. The van der Waals surface area contributed by atoms with Crippen LogP contribution in [0.25, 0.3) is 10.9 Å². The SMILES string of the molecule is CCOc1cc2ncc(C#N)c(Nc3ccc(OC)cc3)c2cc1N. The summed E-state index contributed by atoms with van der Waals surface area (Å²) in [5.41, 5.74) is 9.22. The van der Waals surface area contributed by atoms with E-state index in [-0.39, 0.29) is 0 Å². The fourth-order valence-electron chi connectivity index (χ4n) is 2.56. The molecule has 1 heterocycles. The molecule has 6 heteroatoms. The summed E-state index contributed by atoms with van der Waals surface area (Å²) < 4.78 is 10.7. The van der Waals surface area contributed by atoms with Gasteiger partial charge in [-0.3, -0.25) is 4.98 Å². The third-order valence-corrected chi connectivity index (χ3v) is 3.78. The molecular weight excluding hydrogens is 316 g/mol. The zero-order chi connectivity index (χ0) is 17.8. The topological polar surface area (TPSA) is 93.2 Å². The number of anilines is 3. The fourth-order valence-corrected chi connectivity index (χ4v) is 2.56. The molecule has 6 nitrogen and oxygen atoms in total. The Kier molecular flexibility index (Phi) is 4.57. The minimum atomic E-state index is 0.437. The minimum Gasteiger partial charge on any atom is -0.497 e. The van der Waals surface area contributed by atoms with Crippen molar-refractivity contribution < 1.29 is 9.47 Å². The number of hydrogen-bond acceptors (Lipinski definition) is 6. The van der Waals surface area contributed by atoms with Gasteiger partial charge in [-0.2, -0.15) is 5.26 Å². The Balaban J connectivity index is 2.10. The van der Waals surface area contributed by atoms with Crippen LogP contribution < -0.4 is 20.5 Å². The van der Waals surface area contributed by atoms with Gasteiger partial charge in [0.05, 0.1) is 36.2 Å². The molecule has 0 bridgehead atoms. The third kappa shape index (κ3) is 3.26. The van der Waals surface area contributed by atoms with E-state index >= 15 is 0 Å². The Morgan fingerprint density at radius 3 is 2.64 bits per heavy atom. The van der Waals surface area contributed by atoms with Crippen molar-refractivity contribution in [2.24, 2.45) is 0 Å². The van der Waals surface area contributed by atoms with Crippen molar-refractivity contribution in [3.05, 3.63) is 48.2 Å². The summed E-state index contributed by atoms with van der Waals surface area (Å²) >= 11 is 0. The molecular formula is C19H18N4O2. The maximum absolute atomic E-state index is 9.44. The van der Waals surface area contributed by atoms with Gasteiger partial charge < -0.3 is 20.5 Å². The van der Waals surface area contributed by atoms with E-state index in [9.17, 15) is 5.26 Å². The molecule has 2 aromatic carbocycles. The van der Waals surface area contributed by atoms with Gasteiger partial charge in [0.15, 0.2) is 0 Å². The van der Waals surface area contributed by atoms with Gasteiger partial charge in [0, 0.05) is 23.3 Å². The van der Waals surface area contributed by atoms with Crippen LogP contribution in [0.2, 0.25) is 0 Å². The molecule has 0 aliphatic rings. The monoisotopic (exact) mass is 334 g/mol. The number of nitrogens with one attached hydrogen (secondary N) is 1. The van der Waals surface area contributed by atoms with Gasteiger partial charge in [0.1, 0.15) is 17.6 Å². The van der Waals surface area contributed by atoms with Crippen LogP contribution in [-0.2, 0) is 0 Å². The quantitative estimate of drug-likeness (QED) is 0.689. The molecule has 3 aromatic rings. The maximum atomic E-state index is 9.44. The average Bonchev–Trinajstić information content (AvgIpc) is 2.64. The molecule has 126 valence electrons. The van der Waals surface area contributed by atoms with E-state index in [1.165, 1.54) is 0 Å². The van der Waals surface area contributed by atoms with E-state index in [1.807, 2.05) is 31.2 Å². The number of hydrogen-bond donors (Lipinski definition) is 2. The van der Waals surface area contributed by atoms with Crippen molar-refractivity contribution >= 4 is 28.0 Å². The fraction of sp³-hybridized carbons (Fsp3) is 0.158. The maximum Gasteiger partial charge on any atom is 0.144 e.